The molecule has 2 aromatic rings. The van der Waals surface area contributed by atoms with Crippen molar-refractivity contribution in [2.75, 3.05) is 0 Å². The largest absolute Gasteiger partial charge is 0.459 e. The van der Waals surface area contributed by atoms with E-state index in [0.29, 0.717) is 12.0 Å². The number of allylic oxidation sites excluding steroid dienone is 3. The molecule has 0 aromatic heterocycles. The van der Waals surface area contributed by atoms with Gasteiger partial charge in [0.25, 0.3) is 0 Å². The molecule has 164 valence electrons. The zero-order chi connectivity index (χ0) is 23.1. The van der Waals surface area contributed by atoms with Crippen molar-refractivity contribution >= 4 is 12.0 Å². The Morgan fingerprint density at radius 3 is 2.26 bits per heavy atom. The Balaban J connectivity index is 2.06. The smallest absolute Gasteiger partial charge is 0.341 e. The number of hydrogen-bond acceptors (Lipinski definition) is 2. The van der Waals surface area contributed by atoms with Crippen molar-refractivity contribution in [2.24, 2.45) is 5.92 Å². The molecule has 2 unspecified atom stereocenters. The van der Waals surface area contributed by atoms with Crippen molar-refractivity contribution in [3.8, 4) is 11.1 Å². The van der Waals surface area contributed by atoms with E-state index in [1.165, 1.54) is 17.7 Å². The van der Waals surface area contributed by atoms with Crippen LogP contribution in [0.5, 0.6) is 0 Å². The number of carbonyl (C=O) groups excluding carboxylic acids is 1. The molecule has 0 amide bonds. The van der Waals surface area contributed by atoms with Crippen LogP contribution in [0, 0.1) is 17.6 Å². The van der Waals surface area contributed by atoms with Gasteiger partial charge in [-0.3, -0.25) is 0 Å². The second-order valence-corrected chi connectivity index (χ2v) is 8.11. The first-order chi connectivity index (χ1) is 14.6. The van der Waals surface area contributed by atoms with Gasteiger partial charge < -0.3 is 4.74 Å². The van der Waals surface area contributed by atoms with Crippen molar-refractivity contribution in [3.63, 3.8) is 0 Å². The Bertz CT molecular complexity index is 983. The third kappa shape index (κ3) is 6.48. The third-order valence-electron chi connectivity index (χ3n) is 5.18. The van der Waals surface area contributed by atoms with Gasteiger partial charge in [0.15, 0.2) is 11.6 Å². The molecule has 0 aliphatic carbocycles. The highest BCUT2D eigenvalue weighted by Gasteiger charge is 2.22. The summed E-state index contributed by atoms with van der Waals surface area (Å²) in [5.74, 6) is -2.90. The van der Waals surface area contributed by atoms with E-state index in [-0.39, 0.29) is 11.5 Å². The molecule has 31 heavy (non-hydrogen) atoms. The summed E-state index contributed by atoms with van der Waals surface area (Å²) in [6, 6.07) is 9.55. The Hall–Kier alpha value is -3.01. The van der Waals surface area contributed by atoms with Crippen LogP contribution in [-0.2, 0) is 4.74 Å². The van der Waals surface area contributed by atoms with Crippen molar-refractivity contribution in [1.82, 2.24) is 0 Å². The number of benzene rings is 2. The Morgan fingerprint density at radius 1 is 1.03 bits per heavy atom. The highest BCUT2D eigenvalue weighted by atomic mass is 19.2. The average molecular weight is 425 g/mol. The first-order valence-corrected chi connectivity index (χ1v) is 10.4. The van der Waals surface area contributed by atoms with Crippen LogP contribution in [0.1, 0.15) is 56.5 Å². The number of carbonyl (C=O) groups is 1. The quantitative estimate of drug-likeness (QED) is 0.304. The molecule has 0 saturated carbocycles. The first-order valence-electron chi connectivity index (χ1n) is 10.4. The Labute approximate surface area is 183 Å². The minimum atomic E-state index is -1.20. The summed E-state index contributed by atoms with van der Waals surface area (Å²) in [5, 5.41) is 0. The summed E-state index contributed by atoms with van der Waals surface area (Å²) >= 11 is 0. The summed E-state index contributed by atoms with van der Waals surface area (Å²) < 4.78 is 34.6. The van der Waals surface area contributed by atoms with Crippen LogP contribution in [0.15, 0.2) is 66.8 Å². The second kappa shape index (κ2) is 10.9. The van der Waals surface area contributed by atoms with Gasteiger partial charge >= 0.3 is 5.97 Å². The minimum absolute atomic E-state index is 0.0873. The van der Waals surface area contributed by atoms with Gasteiger partial charge in [0.05, 0.1) is 11.7 Å². The zero-order valence-electron chi connectivity index (χ0n) is 18.7. The lowest BCUT2D eigenvalue weighted by molar-refractivity contribution is 0.0309. The molecule has 0 radical (unpaired) electrons. The molecule has 0 bridgehead atoms. The van der Waals surface area contributed by atoms with Gasteiger partial charge in [0, 0.05) is 5.56 Å². The maximum atomic E-state index is 14.7. The molecule has 0 aliphatic rings. The van der Waals surface area contributed by atoms with Crippen molar-refractivity contribution in [3.05, 3.63) is 89.5 Å². The Kier molecular flexibility index (Phi) is 8.49. The van der Waals surface area contributed by atoms with E-state index in [4.69, 9.17) is 4.74 Å². The van der Waals surface area contributed by atoms with Gasteiger partial charge in [-0.1, -0.05) is 73.7 Å². The summed E-state index contributed by atoms with van der Waals surface area (Å²) in [5.41, 5.74) is 3.26. The number of rotatable bonds is 9. The maximum Gasteiger partial charge on any atom is 0.341 e. The molecule has 2 rings (SSSR count). The zero-order valence-corrected chi connectivity index (χ0v) is 18.7. The number of ether oxygens (including phenoxy) is 1. The summed E-state index contributed by atoms with van der Waals surface area (Å²) in [4.78, 5) is 12.4. The maximum absolute atomic E-state index is 14.7. The van der Waals surface area contributed by atoms with Crippen LogP contribution in [0.3, 0.4) is 0 Å². The first kappa shape index (κ1) is 24.3. The van der Waals surface area contributed by atoms with E-state index in [1.807, 2.05) is 19.9 Å². The van der Waals surface area contributed by atoms with Crippen LogP contribution in [0.4, 0.5) is 8.78 Å². The average Bonchev–Trinajstić information content (AvgIpc) is 2.73. The van der Waals surface area contributed by atoms with Crippen LogP contribution in [-0.4, -0.2) is 12.1 Å². The Morgan fingerprint density at radius 2 is 1.68 bits per heavy atom. The van der Waals surface area contributed by atoms with Gasteiger partial charge in [0.2, 0.25) is 0 Å². The SMILES string of the molecule is C=Cc1ccc(-c2ccc(C(=O)OC(C)CCC(C)C(=C)C=C(C)C)c(F)c2F)cc1. The van der Waals surface area contributed by atoms with Gasteiger partial charge in [0.1, 0.15) is 0 Å². The summed E-state index contributed by atoms with van der Waals surface area (Å²) in [6.45, 7) is 15.6. The topological polar surface area (TPSA) is 26.3 Å². The molecular formula is C27H30F2O2. The van der Waals surface area contributed by atoms with Gasteiger partial charge in [-0.2, -0.15) is 0 Å². The van der Waals surface area contributed by atoms with E-state index in [2.05, 4.69) is 20.1 Å². The van der Waals surface area contributed by atoms with E-state index < -0.39 is 29.3 Å². The second-order valence-electron chi connectivity index (χ2n) is 8.11. The molecule has 0 saturated heterocycles. The van der Waals surface area contributed by atoms with Crippen LogP contribution < -0.4 is 0 Å². The molecule has 2 atom stereocenters. The van der Waals surface area contributed by atoms with Gasteiger partial charge in [-0.05, 0) is 56.7 Å². The lowest BCUT2D eigenvalue weighted by Gasteiger charge is -2.17. The number of halogens is 2. The van der Waals surface area contributed by atoms with Gasteiger partial charge in [-0.25, -0.2) is 13.6 Å². The summed E-state index contributed by atoms with van der Waals surface area (Å²) in [7, 11) is 0. The van der Waals surface area contributed by atoms with E-state index in [0.717, 1.165) is 17.6 Å². The van der Waals surface area contributed by atoms with Crippen molar-refractivity contribution < 1.29 is 18.3 Å². The highest BCUT2D eigenvalue weighted by molar-refractivity contribution is 5.90. The van der Waals surface area contributed by atoms with Crippen LogP contribution in [0.2, 0.25) is 0 Å². The van der Waals surface area contributed by atoms with E-state index >= 15 is 0 Å². The molecule has 0 fully saturated rings. The lowest BCUT2D eigenvalue weighted by atomic mass is 9.94. The van der Waals surface area contributed by atoms with Crippen molar-refractivity contribution in [2.45, 2.75) is 46.6 Å². The molecule has 0 heterocycles. The monoisotopic (exact) mass is 424 g/mol. The molecule has 0 N–H and O–H groups in total. The fourth-order valence-corrected chi connectivity index (χ4v) is 3.22. The van der Waals surface area contributed by atoms with Crippen LogP contribution >= 0.6 is 0 Å². The number of esters is 1. The molecule has 0 aliphatic heterocycles. The normalized spacial score (nSPS) is 12.6. The fraction of sp³-hybridized carbons (Fsp3) is 0.296. The van der Waals surface area contributed by atoms with Gasteiger partial charge in [-0.15, -0.1) is 0 Å². The predicted octanol–water partition coefficient (Wildman–Crippen LogP) is 7.76. The minimum Gasteiger partial charge on any atom is -0.459 e. The molecule has 0 spiro atoms. The lowest BCUT2D eigenvalue weighted by Crippen LogP contribution is -2.18. The van der Waals surface area contributed by atoms with Crippen molar-refractivity contribution in [1.29, 1.82) is 0 Å². The van der Waals surface area contributed by atoms with E-state index in [9.17, 15) is 13.6 Å². The third-order valence-corrected chi connectivity index (χ3v) is 5.18. The predicted molar refractivity (Wildman–Crippen MR) is 124 cm³/mol. The van der Waals surface area contributed by atoms with Crippen LogP contribution in [0.25, 0.3) is 17.2 Å². The molecule has 4 heteroatoms. The fourth-order valence-electron chi connectivity index (χ4n) is 3.22. The molecular weight excluding hydrogens is 394 g/mol. The number of hydrogen-bond donors (Lipinski definition) is 0. The highest BCUT2D eigenvalue weighted by Crippen LogP contribution is 2.28. The van der Waals surface area contributed by atoms with E-state index in [1.54, 1.807) is 37.3 Å². The standard InChI is InChI=1S/C27H30F2O2/c1-7-21-10-12-22(13-11-21)23-14-15-24(26(29)25(23)28)27(30)31-20(6)9-8-18(4)19(5)16-17(2)3/h7,10-16,18,20H,1,5,8-9H2,2-4,6H3. The molecule has 2 aromatic carbocycles. The summed E-state index contributed by atoms with van der Waals surface area (Å²) in [6.07, 6.45) is 4.64. The molecule has 2 nitrogen and oxygen atoms in total.